The number of aromatic nitrogens is 3. The Kier molecular flexibility index (Phi) is 7.67. The Hall–Kier alpha value is -4.14. The van der Waals surface area contributed by atoms with E-state index in [2.05, 4.69) is 14.9 Å². The van der Waals surface area contributed by atoms with Crippen LogP contribution in [0.5, 0.6) is 11.5 Å². The highest BCUT2D eigenvalue weighted by Crippen LogP contribution is 2.41. The van der Waals surface area contributed by atoms with E-state index in [0.29, 0.717) is 13.1 Å². The van der Waals surface area contributed by atoms with Crippen molar-refractivity contribution in [2.45, 2.75) is 31.9 Å². The van der Waals surface area contributed by atoms with Crippen LogP contribution in [0.3, 0.4) is 0 Å². The Bertz CT molecular complexity index is 1330. The SMILES string of the molecule is COc1ccc(CN(Cc2ccc(OC)cc2)c2nccc(-c3cnn(C)c3)c2N2CCC(F)(F)CC2)cc1. The van der Waals surface area contributed by atoms with Gasteiger partial charge in [-0.3, -0.25) is 4.68 Å². The number of nitrogens with zero attached hydrogens (tertiary/aromatic N) is 5. The molecule has 1 aliphatic heterocycles. The number of pyridine rings is 1. The molecule has 0 amide bonds. The minimum Gasteiger partial charge on any atom is -0.497 e. The van der Waals surface area contributed by atoms with Crippen molar-refractivity contribution in [3.63, 3.8) is 0 Å². The lowest BCUT2D eigenvalue weighted by molar-refractivity contribution is -0.0220. The summed E-state index contributed by atoms with van der Waals surface area (Å²) in [6.07, 6.45) is 5.15. The Morgan fingerprint density at radius 2 is 1.44 bits per heavy atom. The van der Waals surface area contributed by atoms with Crippen molar-refractivity contribution in [2.75, 3.05) is 37.1 Å². The molecule has 1 fully saturated rings. The maximum Gasteiger partial charge on any atom is 0.251 e. The highest BCUT2D eigenvalue weighted by molar-refractivity contribution is 5.86. The first-order valence-electron chi connectivity index (χ1n) is 13.0. The van der Waals surface area contributed by atoms with Gasteiger partial charge < -0.3 is 19.3 Å². The van der Waals surface area contributed by atoms with E-state index in [0.717, 1.165) is 45.3 Å². The number of benzene rings is 2. The van der Waals surface area contributed by atoms with E-state index < -0.39 is 5.92 Å². The molecule has 0 unspecified atom stereocenters. The van der Waals surface area contributed by atoms with Crippen LogP contribution < -0.4 is 19.3 Å². The van der Waals surface area contributed by atoms with E-state index in [1.54, 1.807) is 31.3 Å². The zero-order valence-corrected chi connectivity index (χ0v) is 22.5. The number of hydrogen-bond acceptors (Lipinski definition) is 6. The molecule has 204 valence electrons. The van der Waals surface area contributed by atoms with Gasteiger partial charge in [0.2, 0.25) is 0 Å². The van der Waals surface area contributed by atoms with Crippen LogP contribution in [-0.2, 0) is 20.1 Å². The molecule has 0 spiro atoms. The second-order valence-electron chi connectivity index (χ2n) is 9.83. The number of piperidine rings is 1. The fourth-order valence-electron chi connectivity index (χ4n) is 4.95. The predicted octanol–water partition coefficient (Wildman–Crippen LogP) is 5.94. The van der Waals surface area contributed by atoms with E-state index in [4.69, 9.17) is 14.5 Å². The van der Waals surface area contributed by atoms with Crippen LogP contribution in [0.2, 0.25) is 0 Å². The average Bonchev–Trinajstić information content (AvgIpc) is 3.39. The van der Waals surface area contributed by atoms with Gasteiger partial charge in [-0.05, 0) is 41.5 Å². The molecule has 1 aliphatic rings. The lowest BCUT2D eigenvalue weighted by atomic mass is 10.0. The third-order valence-corrected chi connectivity index (χ3v) is 7.10. The third kappa shape index (κ3) is 6.13. The summed E-state index contributed by atoms with van der Waals surface area (Å²) in [5.41, 5.74) is 4.85. The van der Waals surface area contributed by atoms with Crippen LogP contribution in [0.1, 0.15) is 24.0 Å². The number of ether oxygens (including phenoxy) is 2. The van der Waals surface area contributed by atoms with Crippen LogP contribution in [0.25, 0.3) is 11.1 Å². The summed E-state index contributed by atoms with van der Waals surface area (Å²) in [5.74, 6) is -0.341. The Morgan fingerprint density at radius 1 is 0.872 bits per heavy atom. The Balaban J connectivity index is 1.59. The van der Waals surface area contributed by atoms with Crippen molar-refractivity contribution >= 4 is 11.5 Å². The summed E-state index contributed by atoms with van der Waals surface area (Å²) in [7, 11) is 5.16. The third-order valence-electron chi connectivity index (χ3n) is 7.10. The molecule has 2 aromatic heterocycles. The molecule has 0 N–H and O–H groups in total. The van der Waals surface area contributed by atoms with Crippen LogP contribution in [-0.4, -0.2) is 48.0 Å². The monoisotopic (exact) mass is 533 g/mol. The summed E-state index contributed by atoms with van der Waals surface area (Å²) in [4.78, 5) is 9.12. The van der Waals surface area contributed by atoms with E-state index in [9.17, 15) is 8.78 Å². The predicted molar refractivity (Wildman–Crippen MR) is 149 cm³/mol. The second-order valence-corrected chi connectivity index (χ2v) is 9.83. The molecular weight excluding hydrogens is 500 g/mol. The molecule has 3 heterocycles. The van der Waals surface area contributed by atoms with Gasteiger partial charge in [0.05, 0.1) is 26.1 Å². The van der Waals surface area contributed by atoms with Gasteiger partial charge in [0.1, 0.15) is 11.5 Å². The minimum absolute atomic E-state index is 0.190. The number of methoxy groups -OCH3 is 2. The molecule has 1 saturated heterocycles. The van der Waals surface area contributed by atoms with Crippen molar-refractivity contribution in [2.24, 2.45) is 7.05 Å². The zero-order valence-electron chi connectivity index (χ0n) is 22.5. The Morgan fingerprint density at radius 3 is 1.92 bits per heavy atom. The van der Waals surface area contributed by atoms with Gasteiger partial charge in [-0.1, -0.05) is 24.3 Å². The summed E-state index contributed by atoms with van der Waals surface area (Å²) >= 11 is 0. The van der Waals surface area contributed by atoms with E-state index in [-0.39, 0.29) is 25.9 Å². The van der Waals surface area contributed by atoms with Crippen molar-refractivity contribution in [1.82, 2.24) is 14.8 Å². The Labute approximate surface area is 227 Å². The molecule has 39 heavy (non-hydrogen) atoms. The standard InChI is InChI=1S/C30H33F2N5O2/c1-35-21-24(18-34-35)27-12-15-33-29(28(27)36-16-13-30(31,32)14-17-36)37(19-22-4-8-25(38-2)9-5-22)20-23-6-10-26(39-3)11-7-23/h4-12,15,18,21H,13-14,16-17,19-20H2,1-3H3. The van der Waals surface area contributed by atoms with Gasteiger partial charge in [0.15, 0.2) is 5.82 Å². The fourth-order valence-corrected chi connectivity index (χ4v) is 4.95. The molecule has 5 rings (SSSR count). The highest BCUT2D eigenvalue weighted by atomic mass is 19.3. The summed E-state index contributed by atoms with van der Waals surface area (Å²) < 4.78 is 40.8. The summed E-state index contributed by atoms with van der Waals surface area (Å²) in [5, 5.41) is 4.37. The van der Waals surface area contributed by atoms with Gasteiger partial charge in [-0.2, -0.15) is 5.10 Å². The first-order chi connectivity index (χ1) is 18.8. The lowest BCUT2D eigenvalue weighted by Gasteiger charge is -2.37. The van der Waals surface area contributed by atoms with Gasteiger partial charge in [0.25, 0.3) is 5.92 Å². The summed E-state index contributed by atoms with van der Waals surface area (Å²) in [6, 6.07) is 17.8. The average molecular weight is 534 g/mol. The highest BCUT2D eigenvalue weighted by Gasteiger charge is 2.36. The van der Waals surface area contributed by atoms with Crippen molar-refractivity contribution in [1.29, 1.82) is 0 Å². The molecular formula is C30H33F2N5O2. The number of anilines is 2. The smallest absolute Gasteiger partial charge is 0.251 e. The van der Waals surface area contributed by atoms with Crippen molar-refractivity contribution in [3.05, 3.63) is 84.3 Å². The first kappa shape index (κ1) is 26.5. The number of hydrogen-bond donors (Lipinski definition) is 0. The second kappa shape index (κ2) is 11.3. The summed E-state index contributed by atoms with van der Waals surface area (Å²) in [6.45, 7) is 1.63. The van der Waals surface area contributed by atoms with Gasteiger partial charge >= 0.3 is 0 Å². The largest absolute Gasteiger partial charge is 0.497 e. The molecule has 9 heteroatoms. The maximum absolute atomic E-state index is 14.2. The molecule has 7 nitrogen and oxygen atoms in total. The minimum atomic E-state index is -2.65. The van der Waals surface area contributed by atoms with Crippen molar-refractivity contribution < 1.29 is 18.3 Å². The zero-order chi connectivity index (χ0) is 27.4. The van der Waals surface area contributed by atoms with Crippen LogP contribution in [0.15, 0.2) is 73.2 Å². The van der Waals surface area contributed by atoms with E-state index in [1.807, 2.05) is 67.8 Å². The molecule has 0 bridgehead atoms. The first-order valence-corrected chi connectivity index (χ1v) is 13.0. The van der Waals surface area contributed by atoms with E-state index >= 15 is 0 Å². The molecule has 0 atom stereocenters. The number of rotatable bonds is 9. The molecule has 4 aromatic rings. The molecule has 0 saturated carbocycles. The topological polar surface area (TPSA) is 55.7 Å². The number of halogens is 2. The number of aryl methyl sites for hydroxylation is 1. The van der Waals surface area contributed by atoms with Crippen LogP contribution >= 0.6 is 0 Å². The molecule has 0 aliphatic carbocycles. The van der Waals surface area contributed by atoms with Crippen LogP contribution in [0.4, 0.5) is 20.3 Å². The molecule has 2 aromatic carbocycles. The maximum atomic E-state index is 14.2. The lowest BCUT2D eigenvalue weighted by Crippen LogP contribution is -2.40. The van der Waals surface area contributed by atoms with Crippen molar-refractivity contribution in [3.8, 4) is 22.6 Å². The van der Waals surface area contributed by atoms with E-state index in [1.165, 1.54) is 0 Å². The van der Waals surface area contributed by atoms with Crippen LogP contribution in [0, 0.1) is 0 Å². The number of alkyl halides is 2. The quantitative estimate of drug-likeness (QED) is 0.265. The van der Waals surface area contributed by atoms with Gasteiger partial charge in [-0.15, -0.1) is 0 Å². The van der Waals surface area contributed by atoms with Gasteiger partial charge in [-0.25, -0.2) is 13.8 Å². The van der Waals surface area contributed by atoms with Gasteiger partial charge in [0, 0.05) is 69.6 Å². The fraction of sp³-hybridized carbons (Fsp3) is 0.333. The normalized spacial score (nSPS) is 14.7. The molecule has 0 radical (unpaired) electrons.